The Hall–Kier alpha value is -1.57. The normalized spacial score (nSPS) is 29.6. The number of nitriles is 1. The molecule has 14 heavy (non-hydrogen) atoms. The fourth-order valence-corrected chi connectivity index (χ4v) is 1.64. The first-order valence-corrected chi connectivity index (χ1v) is 4.20. The van der Waals surface area contributed by atoms with E-state index in [1.54, 1.807) is 0 Å². The summed E-state index contributed by atoms with van der Waals surface area (Å²) in [4.78, 5) is 22.5. The molecule has 76 valence electrons. The average Bonchev–Trinajstić information content (AvgIpc) is 2.17. The predicted molar refractivity (Wildman–Crippen MR) is 44.8 cm³/mol. The molecule has 0 aliphatic heterocycles. The van der Waals surface area contributed by atoms with Crippen LogP contribution in [0.1, 0.15) is 12.8 Å². The van der Waals surface area contributed by atoms with Crippen molar-refractivity contribution in [2.75, 3.05) is 14.2 Å². The van der Waals surface area contributed by atoms with Crippen molar-refractivity contribution in [2.24, 2.45) is 11.3 Å². The molecule has 0 saturated heterocycles. The van der Waals surface area contributed by atoms with E-state index in [1.807, 2.05) is 6.07 Å². The summed E-state index contributed by atoms with van der Waals surface area (Å²) >= 11 is 0. The van der Waals surface area contributed by atoms with Gasteiger partial charge in [0, 0.05) is 0 Å². The number of carbonyl (C=O) groups excluding carboxylic acids is 2. The van der Waals surface area contributed by atoms with Gasteiger partial charge in [-0.1, -0.05) is 0 Å². The first kappa shape index (κ1) is 10.5. The van der Waals surface area contributed by atoms with Crippen LogP contribution in [0.2, 0.25) is 0 Å². The number of carbonyl (C=O) groups is 2. The van der Waals surface area contributed by atoms with Gasteiger partial charge in [-0.25, -0.2) is 0 Å². The summed E-state index contributed by atoms with van der Waals surface area (Å²) in [6.07, 6.45) is 0.852. The van der Waals surface area contributed by atoms with Crippen molar-refractivity contribution in [3.8, 4) is 6.07 Å². The standard InChI is InChI=1S/C9H11NO4/c1-13-7(11)6-3-4-9(6,5-10)8(12)14-2/h6H,3-4H2,1-2H3/t6-,9-/m1/s1. The lowest BCUT2D eigenvalue weighted by Gasteiger charge is -2.39. The highest BCUT2D eigenvalue weighted by Crippen LogP contribution is 2.47. The number of esters is 2. The van der Waals surface area contributed by atoms with Crippen molar-refractivity contribution in [2.45, 2.75) is 12.8 Å². The molecule has 0 radical (unpaired) electrons. The highest BCUT2D eigenvalue weighted by Gasteiger charge is 2.58. The van der Waals surface area contributed by atoms with Crippen LogP contribution in [-0.4, -0.2) is 26.2 Å². The Kier molecular flexibility index (Phi) is 2.75. The average molecular weight is 197 g/mol. The molecule has 1 fully saturated rings. The fraction of sp³-hybridized carbons (Fsp3) is 0.667. The molecule has 0 aromatic carbocycles. The van der Waals surface area contributed by atoms with E-state index in [4.69, 9.17) is 5.26 Å². The van der Waals surface area contributed by atoms with Gasteiger partial charge in [-0.3, -0.25) is 9.59 Å². The Morgan fingerprint density at radius 3 is 2.36 bits per heavy atom. The summed E-state index contributed by atoms with van der Waals surface area (Å²) in [5.41, 5.74) is -1.32. The summed E-state index contributed by atoms with van der Waals surface area (Å²) in [6.45, 7) is 0. The van der Waals surface area contributed by atoms with Crippen LogP contribution >= 0.6 is 0 Å². The van der Waals surface area contributed by atoms with Gasteiger partial charge >= 0.3 is 11.9 Å². The summed E-state index contributed by atoms with van der Waals surface area (Å²) in [5, 5.41) is 8.89. The van der Waals surface area contributed by atoms with Crippen molar-refractivity contribution in [3.05, 3.63) is 0 Å². The van der Waals surface area contributed by atoms with Crippen LogP contribution in [-0.2, 0) is 19.1 Å². The smallest absolute Gasteiger partial charge is 0.327 e. The van der Waals surface area contributed by atoms with Gasteiger partial charge in [-0.15, -0.1) is 0 Å². The van der Waals surface area contributed by atoms with Crippen molar-refractivity contribution in [1.29, 1.82) is 5.26 Å². The van der Waals surface area contributed by atoms with Crippen molar-refractivity contribution in [3.63, 3.8) is 0 Å². The van der Waals surface area contributed by atoms with Gasteiger partial charge in [-0.05, 0) is 12.8 Å². The van der Waals surface area contributed by atoms with E-state index in [2.05, 4.69) is 9.47 Å². The summed E-state index contributed by atoms with van der Waals surface area (Å²) in [7, 11) is 2.44. The second kappa shape index (κ2) is 3.66. The van der Waals surface area contributed by atoms with Crippen LogP contribution in [0, 0.1) is 22.7 Å². The predicted octanol–water partition coefficient (Wildman–Crippen LogP) is 0.252. The molecule has 5 nitrogen and oxygen atoms in total. The van der Waals surface area contributed by atoms with E-state index in [0.717, 1.165) is 0 Å². The van der Waals surface area contributed by atoms with E-state index in [9.17, 15) is 9.59 Å². The lowest BCUT2D eigenvalue weighted by molar-refractivity contribution is -0.171. The Bertz CT molecular complexity index is 306. The van der Waals surface area contributed by atoms with Gasteiger partial charge in [0.1, 0.15) is 0 Å². The first-order chi connectivity index (χ1) is 6.62. The maximum atomic E-state index is 11.3. The molecule has 0 heterocycles. The Morgan fingerprint density at radius 1 is 1.43 bits per heavy atom. The third-order valence-electron chi connectivity index (χ3n) is 2.66. The van der Waals surface area contributed by atoms with Gasteiger partial charge in [0.2, 0.25) is 0 Å². The van der Waals surface area contributed by atoms with E-state index >= 15 is 0 Å². The lowest BCUT2D eigenvalue weighted by Crippen LogP contribution is -2.50. The van der Waals surface area contributed by atoms with Crippen LogP contribution in [0.5, 0.6) is 0 Å². The Balaban J connectivity index is 2.88. The monoisotopic (exact) mass is 197 g/mol. The first-order valence-electron chi connectivity index (χ1n) is 4.20. The number of hydrogen-bond donors (Lipinski definition) is 0. The Labute approximate surface area is 81.6 Å². The maximum Gasteiger partial charge on any atom is 0.327 e. The molecule has 1 aliphatic carbocycles. The topological polar surface area (TPSA) is 76.4 Å². The maximum absolute atomic E-state index is 11.3. The zero-order valence-corrected chi connectivity index (χ0v) is 8.07. The fourth-order valence-electron chi connectivity index (χ4n) is 1.64. The second-order valence-electron chi connectivity index (χ2n) is 3.19. The van der Waals surface area contributed by atoms with Gasteiger partial charge in [-0.2, -0.15) is 5.26 Å². The molecule has 5 heteroatoms. The third kappa shape index (κ3) is 1.23. The largest absolute Gasteiger partial charge is 0.469 e. The third-order valence-corrected chi connectivity index (χ3v) is 2.66. The van der Waals surface area contributed by atoms with Crippen molar-refractivity contribution < 1.29 is 19.1 Å². The molecule has 0 N–H and O–H groups in total. The van der Waals surface area contributed by atoms with Crippen LogP contribution < -0.4 is 0 Å². The molecule has 2 atom stereocenters. The molecule has 1 rings (SSSR count). The molecule has 0 spiro atoms. The van der Waals surface area contributed by atoms with E-state index < -0.39 is 23.3 Å². The van der Waals surface area contributed by atoms with Gasteiger partial charge in [0.15, 0.2) is 5.41 Å². The molecular weight excluding hydrogens is 186 g/mol. The van der Waals surface area contributed by atoms with E-state index in [-0.39, 0.29) is 0 Å². The molecule has 0 bridgehead atoms. The SMILES string of the molecule is COC(=O)[C@H]1CC[C@]1(C#N)C(=O)OC. The molecule has 0 unspecified atom stereocenters. The van der Waals surface area contributed by atoms with Gasteiger partial charge in [0.25, 0.3) is 0 Å². The number of nitrogens with zero attached hydrogens (tertiary/aromatic N) is 1. The summed E-state index contributed by atoms with van der Waals surface area (Å²) in [5.74, 6) is -1.85. The molecule has 0 aromatic rings. The van der Waals surface area contributed by atoms with Crippen LogP contribution in [0.15, 0.2) is 0 Å². The van der Waals surface area contributed by atoms with E-state index in [1.165, 1.54) is 14.2 Å². The number of methoxy groups -OCH3 is 2. The zero-order valence-electron chi connectivity index (χ0n) is 8.07. The Morgan fingerprint density at radius 2 is 2.07 bits per heavy atom. The molecule has 0 amide bonds. The van der Waals surface area contributed by atoms with Crippen molar-refractivity contribution in [1.82, 2.24) is 0 Å². The molecule has 0 aromatic heterocycles. The molecule has 1 saturated carbocycles. The number of hydrogen-bond acceptors (Lipinski definition) is 5. The minimum atomic E-state index is -1.32. The lowest BCUT2D eigenvalue weighted by atomic mass is 9.61. The zero-order chi connectivity index (χ0) is 10.8. The quantitative estimate of drug-likeness (QED) is 0.593. The number of rotatable bonds is 2. The second-order valence-corrected chi connectivity index (χ2v) is 3.19. The van der Waals surface area contributed by atoms with Crippen LogP contribution in [0.25, 0.3) is 0 Å². The summed E-state index contributed by atoms with van der Waals surface area (Å²) < 4.78 is 9.01. The van der Waals surface area contributed by atoms with Crippen molar-refractivity contribution >= 4 is 11.9 Å². The molecule has 1 aliphatic rings. The van der Waals surface area contributed by atoms with Gasteiger partial charge < -0.3 is 9.47 Å². The van der Waals surface area contributed by atoms with E-state index in [0.29, 0.717) is 12.8 Å². The minimum absolute atomic E-state index is 0.357. The highest BCUT2D eigenvalue weighted by molar-refractivity contribution is 5.89. The highest BCUT2D eigenvalue weighted by atomic mass is 16.5. The minimum Gasteiger partial charge on any atom is -0.469 e. The molecular formula is C9H11NO4. The van der Waals surface area contributed by atoms with Crippen LogP contribution in [0.3, 0.4) is 0 Å². The van der Waals surface area contributed by atoms with Gasteiger partial charge in [0.05, 0.1) is 26.2 Å². The summed E-state index contributed by atoms with van der Waals surface area (Å²) in [6, 6.07) is 1.86. The number of ether oxygens (including phenoxy) is 2. The van der Waals surface area contributed by atoms with Crippen LogP contribution in [0.4, 0.5) is 0 Å².